The van der Waals surface area contributed by atoms with Gasteiger partial charge in [-0.05, 0) is 37.6 Å². The fourth-order valence-electron chi connectivity index (χ4n) is 3.13. The Hall–Kier alpha value is -2.67. The smallest absolute Gasteiger partial charge is 0.277 e. The number of nitrogens with zero attached hydrogens (tertiary/aromatic N) is 3. The molecular weight excluding hydrogens is 456 g/mol. The van der Waals surface area contributed by atoms with Crippen molar-refractivity contribution in [1.29, 1.82) is 0 Å². The van der Waals surface area contributed by atoms with Gasteiger partial charge in [-0.2, -0.15) is 4.31 Å². The number of ether oxygens (including phenoxy) is 1. The van der Waals surface area contributed by atoms with E-state index in [-0.39, 0.29) is 21.8 Å². The summed E-state index contributed by atoms with van der Waals surface area (Å²) in [4.78, 5) is 12.6. The minimum atomic E-state index is -3.66. The van der Waals surface area contributed by atoms with Gasteiger partial charge in [-0.1, -0.05) is 17.8 Å². The topological polar surface area (TPSA) is 128 Å². The molecule has 3 aromatic rings. The number of aromatic nitrogens is 2. The first-order chi connectivity index (χ1) is 15.3. The number of aryl methyl sites for hydroxylation is 2. The molecule has 0 atom stereocenters. The number of furan rings is 1. The van der Waals surface area contributed by atoms with Crippen molar-refractivity contribution in [3.8, 4) is 11.5 Å². The minimum Gasteiger partial charge on any atom is -0.469 e. The zero-order valence-corrected chi connectivity index (χ0v) is 19.2. The summed E-state index contributed by atoms with van der Waals surface area (Å²) >= 11 is 1.09. The highest BCUT2D eigenvalue weighted by atomic mass is 32.2. The Kier molecular flexibility index (Phi) is 6.65. The average Bonchev–Trinajstić information content (AvgIpc) is 3.43. The Morgan fingerprint density at radius 2 is 1.97 bits per heavy atom. The van der Waals surface area contributed by atoms with E-state index in [1.807, 2.05) is 0 Å². The van der Waals surface area contributed by atoms with Gasteiger partial charge in [0, 0.05) is 18.8 Å². The van der Waals surface area contributed by atoms with Crippen molar-refractivity contribution in [2.24, 2.45) is 0 Å². The number of carbonyl (C=O) groups is 1. The molecule has 0 spiro atoms. The molecule has 1 amide bonds. The Balaban J connectivity index is 1.40. The van der Waals surface area contributed by atoms with Crippen molar-refractivity contribution >= 4 is 33.4 Å². The first kappa shape index (κ1) is 22.5. The van der Waals surface area contributed by atoms with E-state index in [9.17, 15) is 13.2 Å². The standard InChI is InChI=1S/C20H22N4O6S2/c1-13-3-4-15(32(26,27)24-6-9-28-10-7-24)11-17(13)21-18(25)12-31-20-23-22-19(30-20)16-5-8-29-14(16)2/h3-5,8,11H,6-7,9-10,12H2,1-2H3,(H,21,25). The highest BCUT2D eigenvalue weighted by Crippen LogP contribution is 2.27. The molecule has 2 aromatic heterocycles. The van der Waals surface area contributed by atoms with Crippen LogP contribution in [0.4, 0.5) is 5.69 Å². The van der Waals surface area contributed by atoms with E-state index in [1.54, 1.807) is 32.0 Å². The fourth-order valence-corrected chi connectivity index (χ4v) is 5.13. The van der Waals surface area contributed by atoms with Crippen LogP contribution in [0.2, 0.25) is 0 Å². The number of hydrogen-bond donors (Lipinski definition) is 1. The van der Waals surface area contributed by atoms with E-state index < -0.39 is 10.0 Å². The van der Waals surface area contributed by atoms with Crippen LogP contribution in [0.15, 0.2) is 49.5 Å². The molecule has 1 saturated heterocycles. The van der Waals surface area contributed by atoms with Crippen molar-refractivity contribution < 1.29 is 26.8 Å². The molecule has 1 fully saturated rings. The molecule has 0 radical (unpaired) electrons. The third-order valence-electron chi connectivity index (χ3n) is 4.91. The van der Waals surface area contributed by atoms with Crippen LogP contribution in [0.5, 0.6) is 0 Å². The second-order valence-corrected chi connectivity index (χ2v) is 9.96. The molecule has 0 bridgehead atoms. The lowest BCUT2D eigenvalue weighted by atomic mass is 10.2. The van der Waals surface area contributed by atoms with Crippen LogP contribution in [0.1, 0.15) is 11.3 Å². The number of hydrogen-bond acceptors (Lipinski definition) is 9. The SMILES string of the molecule is Cc1ccc(S(=O)(=O)N2CCOCC2)cc1NC(=O)CSc1nnc(-c2ccoc2C)o1. The van der Waals surface area contributed by atoms with Crippen molar-refractivity contribution in [2.45, 2.75) is 24.0 Å². The van der Waals surface area contributed by atoms with Crippen molar-refractivity contribution in [1.82, 2.24) is 14.5 Å². The summed E-state index contributed by atoms with van der Waals surface area (Å²) in [5.74, 6) is 0.672. The van der Waals surface area contributed by atoms with Crippen LogP contribution in [0.25, 0.3) is 11.5 Å². The van der Waals surface area contributed by atoms with Crippen LogP contribution >= 0.6 is 11.8 Å². The van der Waals surface area contributed by atoms with Crippen LogP contribution in [0.3, 0.4) is 0 Å². The van der Waals surface area contributed by atoms with Gasteiger partial charge >= 0.3 is 0 Å². The number of carbonyl (C=O) groups excluding carboxylic acids is 1. The highest BCUT2D eigenvalue weighted by molar-refractivity contribution is 7.99. The zero-order chi connectivity index (χ0) is 22.7. The predicted octanol–water partition coefficient (Wildman–Crippen LogP) is 2.70. The number of rotatable bonds is 7. The van der Waals surface area contributed by atoms with Crippen LogP contribution in [0, 0.1) is 13.8 Å². The summed E-state index contributed by atoms with van der Waals surface area (Å²) in [6.07, 6.45) is 1.53. The maximum atomic E-state index is 12.9. The summed E-state index contributed by atoms with van der Waals surface area (Å²) in [5.41, 5.74) is 1.88. The van der Waals surface area contributed by atoms with E-state index in [0.29, 0.717) is 49.2 Å². The molecule has 1 aliphatic heterocycles. The summed E-state index contributed by atoms with van der Waals surface area (Å²) in [7, 11) is -3.66. The van der Waals surface area contributed by atoms with Crippen molar-refractivity contribution in [3.63, 3.8) is 0 Å². The van der Waals surface area contributed by atoms with Gasteiger partial charge in [0.1, 0.15) is 5.76 Å². The highest BCUT2D eigenvalue weighted by Gasteiger charge is 2.27. The lowest BCUT2D eigenvalue weighted by molar-refractivity contribution is -0.113. The second kappa shape index (κ2) is 9.45. The number of morpholine rings is 1. The molecule has 12 heteroatoms. The van der Waals surface area contributed by atoms with Gasteiger partial charge in [-0.3, -0.25) is 4.79 Å². The number of thioether (sulfide) groups is 1. The fraction of sp³-hybridized carbons (Fsp3) is 0.350. The number of anilines is 1. The quantitative estimate of drug-likeness (QED) is 0.510. The number of benzene rings is 1. The maximum absolute atomic E-state index is 12.9. The number of nitrogens with one attached hydrogen (secondary N) is 1. The van der Waals surface area contributed by atoms with Gasteiger partial charge in [0.05, 0.1) is 35.7 Å². The van der Waals surface area contributed by atoms with E-state index in [0.717, 1.165) is 17.3 Å². The molecule has 0 unspecified atom stereocenters. The number of amides is 1. The summed E-state index contributed by atoms with van der Waals surface area (Å²) in [6.45, 7) is 4.92. The minimum absolute atomic E-state index is 0.0197. The molecule has 3 heterocycles. The molecule has 32 heavy (non-hydrogen) atoms. The Labute approximate surface area is 189 Å². The van der Waals surface area contributed by atoms with Gasteiger partial charge < -0.3 is 18.9 Å². The maximum Gasteiger partial charge on any atom is 0.277 e. The summed E-state index contributed by atoms with van der Waals surface area (Å²) in [6, 6.07) is 6.43. The molecule has 4 rings (SSSR count). The molecule has 170 valence electrons. The average molecular weight is 479 g/mol. The summed E-state index contributed by atoms with van der Waals surface area (Å²) < 4.78 is 43.2. The third-order valence-corrected chi connectivity index (χ3v) is 7.63. The number of sulfonamides is 1. The molecule has 10 nitrogen and oxygen atoms in total. The van der Waals surface area contributed by atoms with Gasteiger partial charge in [0.25, 0.3) is 11.1 Å². The summed E-state index contributed by atoms with van der Waals surface area (Å²) in [5, 5.41) is 10.9. The van der Waals surface area contributed by atoms with Crippen molar-refractivity contribution in [2.75, 3.05) is 37.4 Å². The van der Waals surface area contributed by atoms with E-state index in [4.69, 9.17) is 13.6 Å². The monoisotopic (exact) mass is 478 g/mol. The lowest BCUT2D eigenvalue weighted by Gasteiger charge is -2.26. The first-order valence-corrected chi connectivity index (χ1v) is 12.3. The van der Waals surface area contributed by atoms with Gasteiger partial charge in [0.15, 0.2) is 0 Å². The Bertz CT molecular complexity index is 1210. The van der Waals surface area contributed by atoms with Gasteiger partial charge in [0.2, 0.25) is 15.9 Å². The first-order valence-electron chi connectivity index (χ1n) is 9.84. The van der Waals surface area contributed by atoms with Crippen LogP contribution < -0.4 is 5.32 Å². The second-order valence-electron chi connectivity index (χ2n) is 7.09. The van der Waals surface area contributed by atoms with Gasteiger partial charge in [-0.25, -0.2) is 8.42 Å². The Morgan fingerprint density at radius 1 is 1.19 bits per heavy atom. The molecule has 1 aliphatic rings. The van der Waals surface area contributed by atoms with Gasteiger partial charge in [-0.15, -0.1) is 10.2 Å². The van der Waals surface area contributed by atoms with E-state index >= 15 is 0 Å². The zero-order valence-electron chi connectivity index (χ0n) is 17.5. The van der Waals surface area contributed by atoms with Crippen LogP contribution in [-0.4, -0.2) is 60.9 Å². The molecule has 0 saturated carbocycles. The molecule has 1 N–H and O–H groups in total. The van der Waals surface area contributed by atoms with E-state index in [1.165, 1.54) is 16.6 Å². The normalized spacial score (nSPS) is 15.1. The molecule has 0 aliphatic carbocycles. The molecular formula is C20H22N4O6S2. The van der Waals surface area contributed by atoms with Crippen LogP contribution in [-0.2, 0) is 19.6 Å². The van der Waals surface area contributed by atoms with Crippen molar-refractivity contribution in [3.05, 3.63) is 41.9 Å². The predicted molar refractivity (Wildman–Crippen MR) is 117 cm³/mol. The lowest BCUT2D eigenvalue weighted by Crippen LogP contribution is -2.40. The largest absolute Gasteiger partial charge is 0.469 e. The Morgan fingerprint density at radius 3 is 2.69 bits per heavy atom. The molecule has 1 aromatic carbocycles. The third kappa shape index (κ3) is 4.88. The van der Waals surface area contributed by atoms with E-state index in [2.05, 4.69) is 15.5 Å².